The lowest BCUT2D eigenvalue weighted by Gasteiger charge is -2.17. The van der Waals surface area contributed by atoms with Crippen LogP contribution in [0.5, 0.6) is 0 Å². The van der Waals surface area contributed by atoms with Crippen LogP contribution in [0.1, 0.15) is 42.5 Å². The van der Waals surface area contributed by atoms with E-state index in [2.05, 4.69) is 41.7 Å². The van der Waals surface area contributed by atoms with Crippen LogP contribution in [0.25, 0.3) is 4.96 Å². The molecule has 1 saturated carbocycles. The van der Waals surface area contributed by atoms with E-state index in [0.29, 0.717) is 6.04 Å². The molecule has 0 bridgehead atoms. The molecule has 1 aliphatic carbocycles. The maximum absolute atomic E-state index is 4.64. The number of nitrogens with one attached hydrogen (secondary N) is 1. The summed E-state index contributed by atoms with van der Waals surface area (Å²) in [4.78, 5) is 7.09. The normalized spacial score (nSPS) is 24.2. The molecule has 2 atom stereocenters. The van der Waals surface area contributed by atoms with E-state index in [9.17, 15) is 0 Å². The first kappa shape index (κ1) is 12.2. The lowest BCUT2D eigenvalue weighted by Crippen LogP contribution is -2.31. The van der Waals surface area contributed by atoms with E-state index in [0.717, 1.165) is 17.4 Å². The molecule has 18 heavy (non-hydrogen) atoms. The molecule has 0 aliphatic heterocycles. The second-order valence-corrected chi connectivity index (χ2v) is 6.75. The van der Waals surface area contributed by atoms with Crippen molar-refractivity contribution in [2.45, 2.75) is 52.6 Å². The van der Waals surface area contributed by atoms with Crippen molar-refractivity contribution in [1.29, 1.82) is 0 Å². The molecule has 0 saturated heterocycles. The first-order chi connectivity index (χ1) is 8.65. The molecule has 98 valence electrons. The van der Waals surface area contributed by atoms with Gasteiger partial charge in [0.2, 0.25) is 0 Å². The minimum absolute atomic E-state index is 0.690. The van der Waals surface area contributed by atoms with Crippen molar-refractivity contribution in [3.8, 4) is 0 Å². The van der Waals surface area contributed by atoms with Gasteiger partial charge in [-0.25, -0.2) is 4.98 Å². The highest BCUT2D eigenvalue weighted by molar-refractivity contribution is 7.17. The summed E-state index contributed by atoms with van der Waals surface area (Å²) < 4.78 is 2.25. The summed E-state index contributed by atoms with van der Waals surface area (Å²) in [6.45, 7) is 7.56. The highest BCUT2D eigenvalue weighted by Crippen LogP contribution is 2.26. The van der Waals surface area contributed by atoms with Crippen molar-refractivity contribution in [3.05, 3.63) is 22.5 Å². The van der Waals surface area contributed by atoms with E-state index in [4.69, 9.17) is 0 Å². The zero-order valence-corrected chi connectivity index (χ0v) is 12.2. The van der Waals surface area contributed by atoms with Crippen LogP contribution in [0.3, 0.4) is 0 Å². The second kappa shape index (κ2) is 4.67. The monoisotopic (exact) mass is 263 g/mol. The van der Waals surface area contributed by atoms with Gasteiger partial charge in [-0.1, -0.05) is 13.3 Å². The van der Waals surface area contributed by atoms with Gasteiger partial charge in [0.25, 0.3) is 0 Å². The Kier molecular flexibility index (Phi) is 3.16. The largest absolute Gasteiger partial charge is 0.308 e. The van der Waals surface area contributed by atoms with Crippen molar-refractivity contribution >= 4 is 16.3 Å². The Balaban J connectivity index is 1.79. The van der Waals surface area contributed by atoms with E-state index in [-0.39, 0.29) is 0 Å². The van der Waals surface area contributed by atoms with Gasteiger partial charge < -0.3 is 5.32 Å². The Morgan fingerprint density at radius 1 is 1.44 bits per heavy atom. The summed E-state index contributed by atoms with van der Waals surface area (Å²) >= 11 is 1.77. The third-order valence-corrected chi connectivity index (χ3v) is 5.03. The standard InChI is InChI=1S/C14H21N3S/c1-9-5-4-6-12(9)15-7-13-11(3)16-14-17(13)8-10(2)18-14/h8-9,12,15H,4-7H2,1-3H3. The Bertz CT molecular complexity index is 555. The number of fused-ring (bicyclic) bond motifs is 1. The molecule has 3 nitrogen and oxygen atoms in total. The van der Waals surface area contributed by atoms with Gasteiger partial charge in [0.15, 0.2) is 4.96 Å². The molecular formula is C14H21N3S. The van der Waals surface area contributed by atoms with Crippen molar-refractivity contribution in [2.24, 2.45) is 5.92 Å². The second-order valence-electron chi connectivity index (χ2n) is 5.53. The fourth-order valence-corrected chi connectivity index (χ4v) is 3.89. The first-order valence-electron chi connectivity index (χ1n) is 6.82. The highest BCUT2D eigenvalue weighted by atomic mass is 32.1. The fraction of sp³-hybridized carbons (Fsp3) is 0.643. The molecule has 4 heteroatoms. The van der Waals surface area contributed by atoms with Gasteiger partial charge in [0, 0.05) is 23.7 Å². The number of imidazole rings is 1. The van der Waals surface area contributed by atoms with Crippen LogP contribution in [0, 0.1) is 19.8 Å². The van der Waals surface area contributed by atoms with E-state index in [1.165, 1.54) is 35.5 Å². The maximum Gasteiger partial charge on any atom is 0.194 e. The number of aromatic nitrogens is 2. The molecule has 1 aliphatic rings. The van der Waals surface area contributed by atoms with Crippen LogP contribution in [-0.4, -0.2) is 15.4 Å². The molecule has 2 unspecified atom stereocenters. The summed E-state index contributed by atoms with van der Waals surface area (Å²) in [5.41, 5.74) is 2.49. The Morgan fingerprint density at radius 2 is 2.28 bits per heavy atom. The van der Waals surface area contributed by atoms with E-state index in [1.54, 1.807) is 11.3 Å². The topological polar surface area (TPSA) is 29.3 Å². The maximum atomic E-state index is 4.64. The van der Waals surface area contributed by atoms with Crippen LogP contribution in [0.15, 0.2) is 6.20 Å². The molecule has 0 aromatic carbocycles. The molecule has 0 radical (unpaired) electrons. The molecule has 3 rings (SSSR count). The van der Waals surface area contributed by atoms with E-state index in [1.807, 2.05) is 0 Å². The smallest absolute Gasteiger partial charge is 0.194 e. The summed E-state index contributed by atoms with van der Waals surface area (Å²) in [5.74, 6) is 0.818. The van der Waals surface area contributed by atoms with Gasteiger partial charge in [-0.3, -0.25) is 4.40 Å². The fourth-order valence-electron chi connectivity index (χ4n) is 3.00. The summed E-state index contributed by atoms with van der Waals surface area (Å²) in [6.07, 6.45) is 6.27. The molecular weight excluding hydrogens is 242 g/mol. The van der Waals surface area contributed by atoms with Gasteiger partial charge in [-0.15, -0.1) is 11.3 Å². The number of hydrogen-bond donors (Lipinski definition) is 1. The third-order valence-electron chi connectivity index (χ3n) is 4.13. The predicted octanol–water partition coefficient (Wildman–Crippen LogP) is 3.29. The zero-order valence-electron chi connectivity index (χ0n) is 11.4. The van der Waals surface area contributed by atoms with E-state index >= 15 is 0 Å². The molecule has 0 amide bonds. The molecule has 0 spiro atoms. The third kappa shape index (κ3) is 2.08. The number of thiazole rings is 1. The van der Waals surface area contributed by atoms with Crippen LogP contribution in [0.2, 0.25) is 0 Å². The van der Waals surface area contributed by atoms with E-state index < -0.39 is 0 Å². The van der Waals surface area contributed by atoms with Gasteiger partial charge in [-0.2, -0.15) is 0 Å². The lowest BCUT2D eigenvalue weighted by atomic mass is 10.1. The Labute approximate surface area is 112 Å². The average molecular weight is 263 g/mol. The van der Waals surface area contributed by atoms with Crippen LogP contribution >= 0.6 is 11.3 Å². The van der Waals surface area contributed by atoms with Crippen LogP contribution in [-0.2, 0) is 6.54 Å². The van der Waals surface area contributed by atoms with Gasteiger partial charge in [-0.05, 0) is 32.6 Å². The zero-order chi connectivity index (χ0) is 12.7. The average Bonchev–Trinajstić information content (AvgIpc) is 2.93. The van der Waals surface area contributed by atoms with Gasteiger partial charge in [0.05, 0.1) is 11.4 Å². The van der Waals surface area contributed by atoms with Gasteiger partial charge >= 0.3 is 0 Å². The summed E-state index contributed by atoms with van der Waals surface area (Å²) in [7, 11) is 0. The molecule has 1 N–H and O–H groups in total. The Morgan fingerprint density at radius 3 is 3.00 bits per heavy atom. The van der Waals surface area contributed by atoms with Gasteiger partial charge in [0.1, 0.15) is 0 Å². The van der Waals surface area contributed by atoms with Crippen molar-refractivity contribution in [1.82, 2.24) is 14.7 Å². The van der Waals surface area contributed by atoms with Crippen LogP contribution < -0.4 is 5.32 Å². The van der Waals surface area contributed by atoms with Crippen molar-refractivity contribution < 1.29 is 0 Å². The van der Waals surface area contributed by atoms with Crippen LogP contribution in [0.4, 0.5) is 0 Å². The number of nitrogens with zero attached hydrogens (tertiary/aromatic N) is 2. The summed E-state index contributed by atoms with van der Waals surface area (Å²) in [5, 5.41) is 3.72. The summed E-state index contributed by atoms with van der Waals surface area (Å²) in [6, 6.07) is 0.690. The number of rotatable bonds is 3. The minimum Gasteiger partial charge on any atom is -0.308 e. The van der Waals surface area contributed by atoms with Crippen molar-refractivity contribution in [2.75, 3.05) is 0 Å². The number of aryl methyl sites for hydroxylation is 2. The van der Waals surface area contributed by atoms with Crippen molar-refractivity contribution in [3.63, 3.8) is 0 Å². The quantitative estimate of drug-likeness (QED) is 0.920. The lowest BCUT2D eigenvalue weighted by molar-refractivity contribution is 0.422. The molecule has 2 aromatic rings. The predicted molar refractivity (Wildman–Crippen MR) is 76.2 cm³/mol. The molecule has 2 aromatic heterocycles. The first-order valence-corrected chi connectivity index (χ1v) is 7.64. The number of hydrogen-bond acceptors (Lipinski definition) is 3. The Hall–Kier alpha value is -0.870. The highest BCUT2D eigenvalue weighted by Gasteiger charge is 2.23. The minimum atomic E-state index is 0.690. The SMILES string of the molecule is Cc1cn2c(CNC3CCCC3C)c(C)nc2s1. The molecule has 2 heterocycles. The molecule has 1 fully saturated rings.